The molecule has 34 heavy (non-hydrogen) atoms. The van der Waals surface area contributed by atoms with Gasteiger partial charge in [-0.05, 0) is 66.7 Å². The van der Waals surface area contributed by atoms with Crippen LogP contribution in [-0.2, 0) is 4.79 Å². The monoisotopic (exact) mass is 451 g/mol. The van der Waals surface area contributed by atoms with E-state index in [2.05, 4.69) is 32.7 Å². The fraction of sp³-hybridized carbons (Fsp3) is 0. The molecule has 0 aliphatic rings. The molecule has 8 nitrogen and oxygen atoms in total. The van der Waals surface area contributed by atoms with Crippen molar-refractivity contribution in [2.45, 2.75) is 0 Å². The zero-order valence-corrected chi connectivity index (χ0v) is 18.0. The van der Waals surface area contributed by atoms with Gasteiger partial charge in [-0.15, -0.1) is 0 Å². The van der Waals surface area contributed by atoms with Gasteiger partial charge in [0.15, 0.2) is 0 Å². The second kappa shape index (κ2) is 10.1. The molecule has 0 aliphatic carbocycles. The van der Waals surface area contributed by atoms with E-state index in [0.717, 1.165) is 11.3 Å². The molecule has 0 atom stereocenters. The van der Waals surface area contributed by atoms with E-state index < -0.39 is 0 Å². The summed E-state index contributed by atoms with van der Waals surface area (Å²) in [6, 6.07) is 22.4. The summed E-state index contributed by atoms with van der Waals surface area (Å²) >= 11 is 0. The van der Waals surface area contributed by atoms with Gasteiger partial charge in [0.05, 0.1) is 5.69 Å². The molecule has 0 unspecified atom stereocenters. The lowest BCUT2D eigenvalue weighted by Gasteiger charge is -2.10. The highest BCUT2D eigenvalue weighted by molar-refractivity contribution is 6.07. The van der Waals surface area contributed by atoms with Crippen molar-refractivity contribution in [3.63, 3.8) is 0 Å². The number of rotatable bonds is 7. The molecule has 8 heteroatoms. The lowest BCUT2D eigenvalue weighted by molar-refractivity contribution is -0.111. The Hall–Kier alpha value is -4.98. The minimum absolute atomic E-state index is 0.276. The Morgan fingerprint density at radius 1 is 0.735 bits per heavy atom. The molecule has 0 saturated heterocycles. The van der Waals surface area contributed by atoms with E-state index in [0.29, 0.717) is 28.2 Å². The van der Waals surface area contributed by atoms with Crippen LogP contribution in [0.15, 0.2) is 97.7 Å². The van der Waals surface area contributed by atoms with E-state index in [4.69, 9.17) is 0 Å². The van der Waals surface area contributed by atoms with Crippen LogP contribution in [0.25, 0.3) is 11.3 Å². The zero-order valence-electron chi connectivity index (χ0n) is 18.0. The van der Waals surface area contributed by atoms with Gasteiger partial charge in [-0.25, -0.2) is 0 Å². The van der Waals surface area contributed by atoms with Gasteiger partial charge in [0.1, 0.15) is 0 Å². The van der Waals surface area contributed by atoms with Crippen molar-refractivity contribution in [2.24, 2.45) is 0 Å². The Labute approximate surface area is 195 Å². The number of anilines is 3. The second-order valence-corrected chi connectivity index (χ2v) is 7.31. The Morgan fingerprint density at radius 3 is 2.06 bits per heavy atom. The van der Waals surface area contributed by atoms with Crippen molar-refractivity contribution < 1.29 is 14.4 Å². The first-order chi connectivity index (χ1) is 16.5. The number of amides is 3. The lowest BCUT2D eigenvalue weighted by Crippen LogP contribution is -2.14. The predicted octanol–water partition coefficient (Wildman–Crippen LogP) is 4.71. The molecule has 4 N–H and O–H groups in total. The van der Waals surface area contributed by atoms with Gasteiger partial charge < -0.3 is 16.0 Å². The molecule has 0 spiro atoms. The maximum atomic E-state index is 12.8. The number of benzene rings is 3. The van der Waals surface area contributed by atoms with Crippen molar-refractivity contribution in [3.05, 3.63) is 109 Å². The van der Waals surface area contributed by atoms with E-state index in [1.165, 1.54) is 6.08 Å². The molecule has 3 aromatic carbocycles. The summed E-state index contributed by atoms with van der Waals surface area (Å²) in [5.41, 5.74) is 4.20. The molecule has 3 amide bonds. The quantitative estimate of drug-likeness (QED) is 0.305. The molecule has 1 heterocycles. The third-order valence-electron chi connectivity index (χ3n) is 4.91. The molecule has 4 aromatic rings. The van der Waals surface area contributed by atoms with Crippen LogP contribution in [0.2, 0.25) is 0 Å². The standard InChI is InChI=1S/C26H21N5O3/c1-2-24(32)28-20-11-9-17(10-12-20)25(33)29-21-7-4-8-22(16-21)30-26(34)19-6-3-5-18(15-19)23-13-14-27-31-23/h2-16H,1H2,(H,27,31)(H,28,32)(H,29,33)(H,30,34). The van der Waals surface area contributed by atoms with Crippen LogP contribution in [0.4, 0.5) is 17.1 Å². The first kappa shape index (κ1) is 22.2. The topological polar surface area (TPSA) is 116 Å². The van der Waals surface area contributed by atoms with Crippen LogP contribution in [0, 0.1) is 0 Å². The van der Waals surface area contributed by atoms with E-state index in [-0.39, 0.29) is 17.7 Å². The molecule has 0 radical (unpaired) electrons. The summed E-state index contributed by atoms with van der Waals surface area (Å²) in [6.45, 7) is 3.40. The summed E-state index contributed by atoms with van der Waals surface area (Å²) in [4.78, 5) is 36.7. The van der Waals surface area contributed by atoms with E-state index in [1.807, 2.05) is 12.1 Å². The number of aromatic nitrogens is 2. The number of hydrogen-bond donors (Lipinski definition) is 4. The molecular formula is C26H21N5O3. The lowest BCUT2D eigenvalue weighted by atomic mass is 10.1. The first-order valence-corrected chi connectivity index (χ1v) is 10.4. The minimum Gasteiger partial charge on any atom is -0.323 e. The second-order valence-electron chi connectivity index (χ2n) is 7.31. The smallest absolute Gasteiger partial charge is 0.255 e. The maximum Gasteiger partial charge on any atom is 0.255 e. The number of carbonyl (C=O) groups excluding carboxylic acids is 3. The molecule has 0 saturated carbocycles. The third kappa shape index (κ3) is 5.43. The molecular weight excluding hydrogens is 430 g/mol. The van der Waals surface area contributed by atoms with Gasteiger partial charge >= 0.3 is 0 Å². The highest BCUT2D eigenvalue weighted by Gasteiger charge is 2.10. The summed E-state index contributed by atoms with van der Waals surface area (Å²) in [5.74, 6) is -0.927. The van der Waals surface area contributed by atoms with E-state index in [9.17, 15) is 14.4 Å². The van der Waals surface area contributed by atoms with Gasteiger partial charge in [-0.3, -0.25) is 19.5 Å². The summed E-state index contributed by atoms with van der Waals surface area (Å²) in [5, 5.41) is 15.1. The van der Waals surface area contributed by atoms with Crippen molar-refractivity contribution in [1.29, 1.82) is 0 Å². The van der Waals surface area contributed by atoms with Crippen molar-refractivity contribution >= 4 is 34.8 Å². The van der Waals surface area contributed by atoms with E-state index in [1.54, 1.807) is 72.9 Å². The van der Waals surface area contributed by atoms with Crippen molar-refractivity contribution in [3.8, 4) is 11.3 Å². The van der Waals surface area contributed by atoms with Crippen LogP contribution < -0.4 is 16.0 Å². The van der Waals surface area contributed by atoms with Crippen LogP contribution >= 0.6 is 0 Å². The Balaban J connectivity index is 1.41. The van der Waals surface area contributed by atoms with Crippen LogP contribution in [0.1, 0.15) is 20.7 Å². The molecule has 4 rings (SSSR count). The predicted molar refractivity (Wildman–Crippen MR) is 132 cm³/mol. The first-order valence-electron chi connectivity index (χ1n) is 10.4. The van der Waals surface area contributed by atoms with Gasteiger partial charge in [-0.2, -0.15) is 5.10 Å². The average molecular weight is 451 g/mol. The Bertz CT molecular complexity index is 1350. The van der Waals surface area contributed by atoms with E-state index >= 15 is 0 Å². The zero-order chi connectivity index (χ0) is 23.9. The van der Waals surface area contributed by atoms with Gasteiger partial charge in [0.2, 0.25) is 5.91 Å². The van der Waals surface area contributed by atoms with Crippen molar-refractivity contribution in [2.75, 3.05) is 16.0 Å². The average Bonchev–Trinajstić information content (AvgIpc) is 3.40. The number of carbonyl (C=O) groups is 3. The van der Waals surface area contributed by atoms with Crippen molar-refractivity contribution in [1.82, 2.24) is 10.2 Å². The van der Waals surface area contributed by atoms with Crippen LogP contribution in [0.5, 0.6) is 0 Å². The molecule has 168 valence electrons. The highest BCUT2D eigenvalue weighted by Crippen LogP contribution is 2.20. The third-order valence-corrected chi connectivity index (χ3v) is 4.91. The summed E-state index contributed by atoms with van der Waals surface area (Å²) in [6.07, 6.45) is 2.82. The van der Waals surface area contributed by atoms with Gasteiger partial charge in [0.25, 0.3) is 11.8 Å². The van der Waals surface area contributed by atoms with Crippen LogP contribution in [0.3, 0.4) is 0 Å². The number of nitrogens with zero attached hydrogens (tertiary/aromatic N) is 1. The number of hydrogen-bond acceptors (Lipinski definition) is 4. The molecule has 0 fully saturated rings. The molecule has 0 aliphatic heterocycles. The van der Waals surface area contributed by atoms with Gasteiger partial charge in [-0.1, -0.05) is 24.8 Å². The fourth-order valence-electron chi connectivity index (χ4n) is 3.22. The Morgan fingerprint density at radius 2 is 1.41 bits per heavy atom. The Kier molecular flexibility index (Phi) is 6.60. The summed E-state index contributed by atoms with van der Waals surface area (Å²) in [7, 11) is 0. The number of aromatic amines is 1. The molecule has 0 bridgehead atoms. The van der Waals surface area contributed by atoms with Gasteiger partial charge in [0, 0.05) is 39.9 Å². The minimum atomic E-state index is -0.330. The SMILES string of the molecule is C=CC(=O)Nc1ccc(C(=O)Nc2cccc(NC(=O)c3cccc(-c4ccn[nH]4)c3)c2)cc1. The largest absolute Gasteiger partial charge is 0.323 e. The van der Waals surface area contributed by atoms with Crippen LogP contribution in [-0.4, -0.2) is 27.9 Å². The fourth-order valence-corrected chi connectivity index (χ4v) is 3.22. The molecule has 1 aromatic heterocycles. The number of H-pyrrole nitrogens is 1. The summed E-state index contributed by atoms with van der Waals surface area (Å²) < 4.78 is 0. The number of nitrogens with one attached hydrogen (secondary N) is 4. The highest BCUT2D eigenvalue weighted by atomic mass is 16.2. The maximum absolute atomic E-state index is 12.8. The normalized spacial score (nSPS) is 10.2.